The summed E-state index contributed by atoms with van der Waals surface area (Å²) in [6, 6.07) is 0. The third kappa shape index (κ3) is 59.9. The van der Waals surface area contributed by atoms with E-state index in [2.05, 4.69) is 111 Å². The number of unbranched alkanes of at least 4 members (excludes halogenated alkanes) is 27. The zero-order chi connectivity index (χ0) is 56.9. The Labute approximate surface area is 480 Å². The first-order valence-corrected chi connectivity index (χ1v) is 31.9. The number of nitrogens with zero attached hydrogens (tertiary/aromatic N) is 1. The molecule has 9 nitrogen and oxygen atoms in total. The molecule has 0 aliphatic heterocycles. The number of ether oxygens (including phenoxy) is 4. The standard InChI is InChI=1S/C69H119NO8/c1-6-8-10-12-14-16-18-20-22-24-25-26-27-28-29-30-31-32-33-34-35-36-37-38-39-40-41-42-43-44-46-48-50-52-54-56-58-60-67(72)78-65(64-77-69(68(73)74)75-62-61-70(3,4)5)63-76-66(71)59-57-55-53-51-49-47-45-23-21-19-17-15-13-11-9-7-2/h8,10,14,16,20,22,25-26,28-29,31-32,34-35,37-38,65,69H,6-7,9,11-13,15,17-19,21,23-24,27,30,33,36,39-64H2,1-5H3/b10-8-,16-14-,22-20-,26-25-,29-28-,32-31-,35-34-,38-37-. The van der Waals surface area contributed by atoms with Gasteiger partial charge in [-0.25, -0.2) is 0 Å². The van der Waals surface area contributed by atoms with E-state index in [0.29, 0.717) is 23.9 Å². The zero-order valence-corrected chi connectivity index (χ0v) is 51.0. The molecule has 0 saturated heterocycles. The van der Waals surface area contributed by atoms with E-state index in [-0.39, 0.29) is 32.2 Å². The number of aliphatic carboxylic acids is 1. The molecule has 0 aliphatic rings. The molecule has 0 fully saturated rings. The topological polar surface area (TPSA) is 111 Å². The van der Waals surface area contributed by atoms with Crippen molar-refractivity contribution in [2.75, 3.05) is 47.5 Å². The largest absolute Gasteiger partial charge is 0.545 e. The molecular formula is C69H119NO8. The maximum absolute atomic E-state index is 12.9. The summed E-state index contributed by atoms with van der Waals surface area (Å²) in [4.78, 5) is 37.3. The van der Waals surface area contributed by atoms with Gasteiger partial charge in [0.15, 0.2) is 12.4 Å². The summed E-state index contributed by atoms with van der Waals surface area (Å²) >= 11 is 0. The number of likely N-dealkylation sites (N-methyl/N-ethyl adjacent to an activating group) is 1. The van der Waals surface area contributed by atoms with Crippen LogP contribution in [0.2, 0.25) is 0 Å². The van der Waals surface area contributed by atoms with E-state index in [1.54, 1.807) is 0 Å². The van der Waals surface area contributed by atoms with Crippen LogP contribution in [0.5, 0.6) is 0 Å². The van der Waals surface area contributed by atoms with Crippen molar-refractivity contribution in [3.05, 3.63) is 97.2 Å². The number of allylic oxidation sites excluding steroid dienone is 16. The first kappa shape index (κ1) is 74.2. The van der Waals surface area contributed by atoms with Gasteiger partial charge in [0.25, 0.3) is 0 Å². The van der Waals surface area contributed by atoms with Gasteiger partial charge >= 0.3 is 11.9 Å². The highest BCUT2D eigenvalue weighted by molar-refractivity contribution is 5.70. The molecule has 0 heterocycles. The Morgan fingerprint density at radius 1 is 0.397 bits per heavy atom. The lowest BCUT2D eigenvalue weighted by Crippen LogP contribution is -2.44. The average Bonchev–Trinajstić information content (AvgIpc) is 3.41. The number of quaternary nitrogens is 1. The van der Waals surface area contributed by atoms with Crippen LogP contribution in [0.3, 0.4) is 0 Å². The first-order chi connectivity index (χ1) is 38.1. The predicted octanol–water partition coefficient (Wildman–Crippen LogP) is 18.0. The summed E-state index contributed by atoms with van der Waals surface area (Å²) in [6.07, 6.45) is 77.5. The number of hydrogen-bond acceptors (Lipinski definition) is 8. The van der Waals surface area contributed by atoms with Gasteiger partial charge in [-0.3, -0.25) is 9.59 Å². The Bertz CT molecular complexity index is 1600. The molecular weight excluding hydrogens is 971 g/mol. The van der Waals surface area contributed by atoms with Gasteiger partial charge < -0.3 is 33.3 Å². The van der Waals surface area contributed by atoms with Gasteiger partial charge in [-0.15, -0.1) is 0 Å². The van der Waals surface area contributed by atoms with Crippen molar-refractivity contribution < 1.29 is 42.9 Å². The summed E-state index contributed by atoms with van der Waals surface area (Å²) in [5.41, 5.74) is 0. The molecule has 448 valence electrons. The van der Waals surface area contributed by atoms with Gasteiger partial charge in [0, 0.05) is 12.8 Å². The predicted molar refractivity (Wildman–Crippen MR) is 329 cm³/mol. The average molecular weight is 1090 g/mol. The number of carbonyl (C=O) groups is 3. The summed E-state index contributed by atoms with van der Waals surface area (Å²) in [5, 5.41) is 11.8. The highest BCUT2D eigenvalue weighted by Crippen LogP contribution is 2.17. The number of carbonyl (C=O) groups excluding carboxylic acids is 3. The third-order valence-electron chi connectivity index (χ3n) is 13.6. The molecule has 0 bridgehead atoms. The Morgan fingerprint density at radius 2 is 0.731 bits per heavy atom. The lowest BCUT2D eigenvalue weighted by molar-refractivity contribution is -0.870. The minimum absolute atomic E-state index is 0.146. The van der Waals surface area contributed by atoms with Crippen LogP contribution in [0.15, 0.2) is 97.2 Å². The number of esters is 2. The molecule has 0 amide bonds. The van der Waals surface area contributed by atoms with E-state index >= 15 is 0 Å². The Balaban J connectivity index is 4.13. The molecule has 9 heteroatoms. The van der Waals surface area contributed by atoms with Crippen molar-refractivity contribution >= 4 is 17.9 Å². The maximum Gasteiger partial charge on any atom is 0.306 e. The van der Waals surface area contributed by atoms with Crippen LogP contribution in [0.4, 0.5) is 0 Å². The van der Waals surface area contributed by atoms with Gasteiger partial charge in [0.2, 0.25) is 0 Å². The van der Waals surface area contributed by atoms with Crippen molar-refractivity contribution in [1.82, 2.24) is 0 Å². The Hall–Kier alpha value is -3.79. The molecule has 0 aromatic heterocycles. The van der Waals surface area contributed by atoms with Crippen molar-refractivity contribution in [1.29, 1.82) is 0 Å². The fraction of sp³-hybridized carbons (Fsp3) is 0.725. The fourth-order valence-corrected chi connectivity index (χ4v) is 8.73. The van der Waals surface area contributed by atoms with Crippen LogP contribution < -0.4 is 5.11 Å². The van der Waals surface area contributed by atoms with Crippen molar-refractivity contribution in [2.45, 2.75) is 277 Å². The summed E-state index contributed by atoms with van der Waals surface area (Å²) in [7, 11) is 5.92. The molecule has 0 aliphatic carbocycles. The summed E-state index contributed by atoms with van der Waals surface area (Å²) in [5.74, 6) is -2.28. The molecule has 0 spiro atoms. The van der Waals surface area contributed by atoms with E-state index in [9.17, 15) is 19.5 Å². The lowest BCUT2D eigenvalue weighted by atomic mass is 10.0. The molecule has 0 aromatic rings. The van der Waals surface area contributed by atoms with E-state index in [0.717, 1.165) is 89.9 Å². The third-order valence-corrected chi connectivity index (χ3v) is 13.6. The lowest BCUT2D eigenvalue weighted by Gasteiger charge is -2.26. The molecule has 2 atom stereocenters. The first-order valence-electron chi connectivity index (χ1n) is 31.9. The van der Waals surface area contributed by atoms with Gasteiger partial charge in [0.05, 0.1) is 40.3 Å². The van der Waals surface area contributed by atoms with Crippen LogP contribution in [-0.2, 0) is 33.3 Å². The second kappa shape index (κ2) is 59.3. The van der Waals surface area contributed by atoms with Crippen LogP contribution in [0.25, 0.3) is 0 Å². The number of rotatable bonds is 58. The van der Waals surface area contributed by atoms with E-state index in [1.165, 1.54) is 141 Å². The Morgan fingerprint density at radius 3 is 1.09 bits per heavy atom. The van der Waals surface area contributed by atoms with Gasteiger partial charge in [0.1, 0.15) is 13.2 Å². The van der Waals surface area contributed by atoms with Crippen LogP contribution in [0.1, 0.15) is 264 Å². The van der Waals surface area contributed by atoms with Gasteiger partial charge in [-0.2, -0.15) is 0 Å². The van der Waals surface area contributed by atoms with E-state index in [1.807, 2.05) is 21.1 Å². The van der Waals surface area contributed by atoms with Crippen LogP contribution in [0, 0.1) is 0 Å². The molecule has 0 aromatic carbocycles. The summed E-state index contributed by atoms with van der Waals surface area (Å²) < 4.78 is 22.7. The minimum atomic E-state index is -1.62. The Kier molecular flexibility index (Phi) is 56.5. The number of carboxylic acid groups (broad SMARTS) is 1. The number of carboxylic acids is 1. The van der Waals surface area contributed by atoms with Crippen LogP contribution >= 0.6 is 0 Å². The highest BCUT2D eigenvalue weighted by atomic mass is 16.7. The minimum Gasteiger partial charge on any atom is -0.545 e. The van der Waals surface area contributed by atoms with Crippen molar-refractivity contribution in [3.63, 3.8) is 0 Å². The van der Waals surface area contributed by atoms with Gasteiger partial charge in [-0.05, 0) is 77.0 Å². The normalized spacial score (nSPS) is 13.4. The summed E-state index contributed by atoms with van der Waals surface area (Å²) in [6.45, 7) is 4.65. The highest BCUT2D eigenvalue weighted by Gasteiger charge is 2.22. The monoisotopic (exact) mass is 1090 g/mol. The van der Waals surface area contributed by atoms with E-state index < -0.39 is 24.3 Å². The smallest absolute Gasteiger partial charge is 0.306 e. The molecule has 0 rings (SSSR count). The maximum atomic E-state index is 12.9. The molecule has 0 N–H and O–H groups in total. The van der Waals surface area contributed by atoms with E-state index in [4.69, 9.17) is 18.9 Å². The molecule has 78 heavy (non-hydrogen) atoms. The molecule has 0 radical (unpaired) electrons. The van der Waals surface area contributed by atoms with Crippen LogP contribution in [-0.4, -0.2) is 82.3 Å². The molecule has 2 unspecified atom stereocenters. The SMILES string of the molecule is CC/C=C\C/C=C\C/C=C\C/C=C\C/C=C\C/C=C\C/C=C\C/C=C\CCCCCCCCCCCCCCC(=O)OC(COC(=O)CCCCCCCCCCCCCCCCCC)COC(OCC[N+](C)(C)C)C(=O)[O-]. The second-order valence-corrected chi connectivity index (χ2v) is 22.3. The zero-order valence-electron chi connectivity index (χ0n) is 51.0. The molecule has 0 saturated carbocycles. The number of hydrogen-bond donors (Lipinski definition) is 0. The van der Waals surface area contributed by atoms with Crippen molar-refractivity contribution in [3.8, 4) is 0 Å². The second-order valence-electron chi connectivity index (χ2n) is 22.3. The van der Waals surface area contributed by atoms with Crippen molar-refractivity contribution in [2.24, 2.45) is 0 Å². The fourth-order valence-electron chi connectivity index (χ4n) is 8.73. The quantitative estimate of drug-likeness (QED) is 0.0195. The van der Waals surface area contributed by atoms with Gasteiger partial charge in [-0.1, -0.05) is 272 Å².